The molecule has 41 heavy (non-hydrogen) atoms. The molecule has 2 aromatic heterocycles. The largest absolute Gasteiger partial charge is 0.480 e. The molecule has 0 unspecified atom stereocenters. The van der Waals surface area contributed by atoms with E-state index in [4.69, 9.17) is 37.7 Å². The number of alkyl halides is 1. The quantitative estimate of drug-likeness (QED) is 0.243. The van der Waals surface area contributed by atoms with Gasteiger partial charge < -0.3 is 14.8 Å². The van der Waals surface area contributed by atoms with E-state index >= 15 is 0 Å². The smallest absolute Gasteiger partial charge is 0.237 e. The molecule has 0 saturated carbocycles. The average Bonchev–Trinajstić information content (AvgIpc) is 2.98. The molecule has 1 saturated heterocycles. The zero-order chi connectivity index (χ0) is 28.9. The van der Waals surface area contributed by atoms with Gasteiger partial charge in [0.15, 0.2) is 0 Å². The van der Waals surface area contributed by atoms with Crippen molar-refractivity contribution < 1.29 is 13.9 Å². The molecule has 1 atom stereocenters. The summed E-state index contributed by atoms with van der Waals surface area (Å²) in [7, 11) is 4.95. The maximum absolute atomic E-state index is 13.9. The summed E-state index contributed by atoms with van der Waals surface area (Å²) in [4.78, 5) is 20.5. The summed E-state index contributed by atoms with van der Waals surface area (Å²) in [5.74, 6) is 0.818. The van der Waals surface area contributed by atoms with Gasteiger partial charge in [-0.3, -0.25) is 14.9 Å². The average molecular weight is 598 g/mol. The molecular formula is C30H31Cl2FN6O2. The van der Waals surface area contributed by atoms with E-state index < -0.39 is 6.17 Å². The number of rotatable bonds is 9. The molecule has 0 spiro atoms. The molecule has 0 amide bonds. The highest BCUT2D eigenvalue weighted by Gasteiger charge is 2.23. The number of ether oxygens (including phenoxy) is 2. The van der Waals surface area contributed by atoms with Crippen molar-refractivity contribution in [2.45, 2.75) is 32.1 Å². The van der Waals surface area contributed by atoms with Crippen molar-refractivity contribution in [1.82, 2.24) is 30.2 Å². The predicted molar refractivity (Wildman–Crippen MR) is 159 cm³/mol. The Kier molecular flexibility index (Phi) is 9.29. The van der Waals surface area contributed by atoms with Crippen LogP contribution in [0.1, 0.15) is 24.2 Å². The summed E-state index contributed by atoms with van der Waals surface area (Å²) < 4.78 is 24.9. The van der Waals surface area contributed by atoms with E-state index in [2.05, 4.69) is 20.3 Å². The Bertz CT molecular complexity index is 1540. The SMILES string of the molecule is CNCc1ncc(-c2cccc(-c3cccc(-c4cnc(CN5CCC[C@H](F)C5)c(OC)n4)c3Cl)c2Cl)nc1OC. The van der Waals surface area contributed by atoms with Crippen LogP contribution in [0.3, 0.4) is 0 Å². The summed E-state index contributed by atoms with van der Waals surface area (Å²) in [5.41, 5.74) is 5.35. The van der Waals surface area contributed by atoms with E-state index in [0.29, 0.717) is 81.8 Å². The highest BCUT2D eigenvalue weighted by molar-refractivity contribution is 6.39. The third-order valence-electron chi connectivity index (χ3n) is 7.01. The van der Waals surface area contributed by atoms with Crippen LogP contribution >= 0.6 is 23.2 Å². The van der Waals surface area contributed by atoms with Crippen molar-refractivity contribution in [2.24, 2.45) is 0 Å². The second-order valence-corrected chi connectivity index (χ2v) is 10.5. The zero-order valence-corrected chi connectivity index (χ0v) is 24.6. The molecule has 8 nitrogen and oxygen atoms in total. The number of aromatic nitrogens is 4. The van der Waals surface area contributed by atoms with Crippen LogP contribution in [-0.2, 0) is 13.1 Å². The standard InChI is InChI=1S/C30H31Cl2FN6O2/c1-34-13-25-29(40-2)37-23(14-35-25)21-10-4-8-19(27(21)31)20-9-5-11-22(28(20)32)24-15-36-26(30(38-24)41-3)17-39-12-6-7-18(33)16-39/h4-5,8-11,14-15,18,34H,6-7,12-13,16-17H2,1-3H3/t18-/m0/s1. The van der Waals surface area contributed by atoms with Crippen LogP contribution in [0, 0.1) is 0 Å². The van der Waals surface area contributed by atoms with Gasteiger partial charge in [-0.05, 0) is 26.4 Å². The number of nitrogens with zero attached hydrogens (tertiary/aromatic N) is 5. The minimum Gasteiger partial charge on any atom is -0.480 e. The van der Waals surface area contributed by atoms with Crippen molar-refractivity contribution in [3.63, 3.8) is 0 Å². The van der Waals surface area contributed by atoms with Crippen molar-refractivity contribution in [3.8, 4) is 45.4 Å². The van der Waals surface area contributed by atoms with Gasteiger partial charge in [0.1, 0.15) is 17.6 Å². The highest BCUT2D eigenvalue weighted by atomic mass is 35.5. The predicted octanol–water partition coefficient (Wildman–Crippen LogP) is 6.24. The van der Waals surface area contributed by atoms with E-state index in [1.807, 2.05) is 48.3 Å². The van der Waals surface area contributed by atoms with Crippen LogP contribution < -0.4 is 14.8 Å². The molecule has 5 rings (SSSR count). The van der Waals surface area contributed by atoms with Crippen LogP contribution in [0.2, 0.25) is 10.0 Å². The van der Waals surface area contributed by atoms with Gasteiger partial charge in [-0.15, -0.1) is 0 Å². The second-order valence-electron chi connectivity index (χ2n) is 9.76. The number of hydrogen-bond donors (Lipinski definition) is 1. The lowest BCUT2D eigenvalue weighted by atomic mass is 9.98. The Balaban J connectivity index is 1.48. The first kappa shape index (κ1) is 29.1. The van der Waals surface area contributed by atoms with Crippen molar-refractivity contribution in [3.05, 3.63) is 70.2 Å². The molecule has 2 aromatic carbocycles. The molecule has 0 aliphatic carbocycles. The lowest BCUT2D eigenvalue weighted by molar-refractivity contribution is 0.130. The van der Waals surface area contributed by atoms with Gasteiger partial charge in [0, 0.05) is 41.9 Å². The first-order chi connectivity index (χ1) is 19.9. The first-order valence-electron chi connectivity index (χ1n) is 13.3. The first-order valence-corrected chi connectivity index (χ1v) is 14.1. The summed E-state index contributed by atoms with van der Waals surface area (Å²) in [6.07, 6.45) is 3.96. The van der Waals surface area contributed by atoms with E-state index in [0.717, 1.165) is 24.1 Å². The van der Waals surface area contributed by atoms with Crippen molar-refractivity contribution in [2.75, 3.05) is 34.4 Å². The Morgan fingerprint density at radius 1 is 0.878 bits per heavy atom. The second kappa shape index (κ2) is 13.1. The molecule has 0 radical (unpaired) electrons. The number of nitrogens with one attached hydrogen (secondary N) is 1. The monoisotopic (exact) mass is 596 g/mol. The summed E-state index contributed by atoms with van der Waals surface area (Å²) in [5, 5.41) is 4.01. The lowest BCUT2D eigenvalue weighted by Gasteiger charge is -2.28. The summed E-state index contributed by atoms with van der Waals surface area (Å²) in [6.45, 7) is 2.20. The van der Waals surface area contributed by atoms with Crippen molar-refractivity contribution >= 4 is 23.2 Å². The van der Waals surface area contributed by atoms with Gasteiger partial charge >= 0.3 is 0 Å². The van der Waals surface area contributed by atoms with Gasteiger partial charge in [-0.2, -0.15) is 0 Å². The van der Waals surface area contributed by atoms with Gasteiger partial charge in [-0.25, -0.2) is 14.4 Å². The lowest BCUT2D eigenvalue weighted by Crippen LogP contribution is -2.36. The van der Waals surface area contributed by atoms with Gasteiger partial charge in [0.2, 0.25) is 11.8 Å². The Labute approximate surface area is 248 Å². The third kappa shape index (κ3) is 6.28. The van der Waals surface area contributed by atoms with Gasteiger partial charge in [-0.1, -0.05) is 59.6 Å². The van der Waals surface area contributed by atoms with Crippen LogP contribution in [0.5, 0.6) is 11.8 Å². The molecule has 1 aliphatic heterocycles. The number of halogens is 3. The number of piperidine rings is 1. The highest BCUT2D eigenvalue weighted by Crippen LogP contribution is 2.42. The number of hydrogen-bond acceptors (Lipinski definition) is 8. The van der Waals surface area contributed by atoms with E-state index in [1.54, 1.807) is 26.6 Å². The third-order valence-corrected chi connectivity index (χ3v) is 7.83. The van der Waals surface area contributed by atoms with Crippen LogP contribution in [0.4, 0.5) is 4.39 Å². The maximum atomic E-state index is 13.9. The number of likely N-dealkylation sites (tertiary alicyclic amines) is 1. The Morgan fingerprint density at radius 3 is 1.95 bits per heavy atom. The molecule has 3 heterocycles. The van der Waals surface area contributed by atoms with Crippen LogP contribution in [0.25, 0.3) is 33.6 Å². The van der Waals surface area contributed by atoms with Crippen molar-refractivity contribution in [1.29, 1.82) is 0 Å². The number of methoxy groups -OCH3 is 2. The fourth-order valence-electron chi connectivity index (χ4n) is 5.01. The molecule has 1 aliphatic rings. The number of benzene rings is 2. The fourth-order valence-corrected chi connectivity index (χ4v) is 5.66. The minimum absolute atomic E-state index is 0.388. The summed E-state index contributed by atoms with van der Waals surface area (Å²) >= 11 is 13.9. The Hall–Kier alpha value is -3.37. The molecule has 0 bridgehead atoms. The Morgan fingerprint density at radius 2 is 1.41 bits per heavy atom. The molecular weight excluding hydrogens is 566 g/mol. The van der Waals surface area contributed by atoms with E-state index in [-0.39, 0.29) is 0 Å². The maximum Gasteiger partial charge on any atom is 0.237 e. The van der Waals surface area contributed by atoms with E-state index in [1.165, 1.54) is 0 Å². The molecule has 1 fully saturated rings. The van der Waals surface area contributed by atoms with Crippen LogP contribution in [0.15, 0.2) is 48.8 Å². The fraction of sp³-hybridized carbons (Fsp3) is 0.333. The molecule has 214 valence electrons. The molecule has 1 N–H and O–H groups in total. The minimum atomic E-state index is -0.819. The normalized spacial score (nSPS) is 15.6. The topological polar surface area (TPSA) is 85.3 Å². The van der Waals surface area contributed by atoms with Gasteiger partial charge in [0.05, 0.1) is 48.0 Å². The van der Waals surface area contributed by atoms with E-state index in [9.17, 15) is 4.39 Å². The molecule has 4 aromatic rings. The van der Waals surface area contributed by atoms with Gasteiger partial charge in [0.25, 0.3) is 0 Å². The molecule has 11 heteroatoms. The zero-order valence-electron chi connectivity index (χ0n) is 23.1. The van der Waals surface area contributed by atoms with Crippen LogP contribution in [-0.4, -0.2) is 65.4 Å². The summed E-state index contributed by atoms with van der Waals surface area (Å²) in [6, 6.07) is 11.4.